The van der Waals surface area contributed by atoms with Crippen LogP contribution in [0.15, 0.2) is 24.3 Å². The minimum atomic E-state index is 0.485. The standard InChI is InChI=1S/C13H19ClN2O/c1-16(13-4-2-11(14)3-5-13)8-6-12-10-17-9-7-15-12/h2-5,12,15H,6-10H2,1H3. The number of morpholine rings is 1. The lowest BCUT2D eigenvalue weighted by Gasteiger charge is -2.27. The van der Waals surface area contributed by atoms with Gasteiger partial charge in [-0.1, -0.05) is 11.6 Å². The SMILES string of the molecule is CN(CCC1COCCN1)c1ccc(Cl)cc1. The number of hydrogen-bond donors (Lipinski definition) is 1. The van der Waals surface area contributed by atoms with Gasteiger partial charge in [0.05, 0.1) is 13.2 Å². The first-order valence-electron chi connectivity index (χ1n) is 6.03. The fraction of sp³-hybridized carbons (Fsp3) is 0.538. The third kappa shape index (κ3) is 3.87. The van der Waals surface area contributed by atoms with E-state index >= 15 is 0 Å². The van der Waals surface area contributed by atoms with Crippen LogP contribution in [0.3, 0.4) is 0 Å². The van der Waals surface area contributed by atoms with Gasteiger partial charge in [0.25, 0.3) is 0 Å². The van der Waals surface area contributed by atoms with Crippen LogP contribution in [-0.4, -0.2) is 39.4 Å². The van der Waals surface area contributed by atoms with Gasteiger partial charge in [0.1, 0.15) is 0 Å². The zero-order chi connectivity index (χ0) is 12.1. The van der Waals surface area contributed by atoms with Crippen molar-refractivity contribution < 1.29 is 4.74 Å². The number of rotatable bonds is 4. The number of halogens is 1. The Balaban J connectivity index is 1.80. The van der Waals surface area contributed by atoms with E-state index in [-0.39, 0.29) is 0 Å². The minimum absolute atomic E-state index is 0.485. The van der Waals surface area contributed by atoms with Crippen LogP contribution < -0.4 is 10.2 Å². The molecule has 0 radical (unpaired) electrons. The van der Waals surface area contributed by atoms with Crippen LogP contribution in [0, 0.1) is 0 Å². The lowest BCUT2D eigenvalue weighted by atomic mass is 10.2. The summed E-state index contributed by atoms with van der Waals surface area (Å²) in [6, 6.07) is 8.43. The van der Waals surface area contributed by atoms with E-state index in [4.69, 9.17) is 16.3 Å². The second-order valence-corrected chi connectivity index (χ2v) is 4.85. The third-order valence-corrected chi connectivity index (χ3v) is 3.33. The third-order valence-electron chi connectivity index (χ3n) is 3.08. The Morgan fingerprint density at radius 2 is 2.18 bits per heavy atom. The molecule has 0 amide bonds. The first kappa shape index (κ1) is 12.7. The van der Waals surface area contributed by atoms with Crippen LogP contribution in [0.1, 0.15) is 6.42 Å². The molecule has 1 saturated heterocycles. The van der Waals surface area contributed by atoms with Crippen molar-refractivity contribution in [3.05, 3.63) is 29.3 Å². The van der Waals surface area contributed by atoms with Crippen LogP contribution in [0.4, 0.5) is 5.69 Å². The van der Waals surface area contributed by atoms with Crippen molar-refractivity contribution in [3.63, 3.8) is 0 Å². The number of ether oxygens (including phenoxy) is 1. The van der Waals surface area contributed by atoms with Gasteiger partial charge in [-0.3, -0.25) is 0 Å². The van der Waals surface area contributed by atoms with Gasteiger partial charge in [-0.15, -0.1) is 0 Å². The van der Waals surface area contributed by atoms with E-state index in [0.29, 0.717) is 6.04 Å². The second kappa shape index (κ2) is 6.24. The molecule has 94 valence electrons. The van der Waals surface area contributed by atoms with E-state index in [2.05, 4.69) is 17.3 Å². The lowest BCUT2D eigenvalue weighted by molar-refractivity contribution is 0.0749. The quantitative estimate of drug-likeness (QED) is 0.891. The highest BCUT2D eigenvalue weighted by molar-refractivity contribution is 6.30. The summed E-state index contributed by atoms with van der Waals surface area (Å²) < 4.78 is 5.44. The highest BCUT2D eigenvalue weighted by Gasteiger charge is 2.13. The molecule has 1 unspecified atom stereocenters. The minimum Gasteiger partial charge on any atom is -0.379 e. The molecular formula is C13H19ClN2O. The lowest BCUT2D eigenvalue weighted by Crippen LogP contribution is -2.42. The Morgan fingerprint density at radius 3 is 2.82 bits per heavy atom. The smallest absolute Gasteiger partial charge is 0.0620 e. The first-order chi connectivity index (χ1) is 8.25. The van der Waals surface area contributed by atoms with Crippen molar-refractivity contribution in [1.29, 1.82) is 0 Å². The molecule has 2 rings (SSSR count). The molecule has 0 bridgehead atoms. The van der Waals surface area contributed by atoms with Crippen molar-refractivity contribution in [2.24, 2.45) is 0 Å². The summed E-state index contributed by atoms with van der Waals surface area (Å²) in [7, 11) is 2.10. The van der Waals surface area contributed by atoms with Gasteiger partial charge in [0, 0.05) is 36.9 Å². The largest absolute Gasteiger partial charge is 0.379 e. The average molecular weight is 255 g/mol. The predicted molar refractivity (Wildman–Crippen MR) is 71.9 cm³/mol. The van der Waals surface area contributed by atoms with Crippen LogP contribution in [0.5, 0.6) is 0 Å². The zero-order valence-electron chi connectivity index (χ0n) is 10.2. The highest BCUT2D eigenvalue weighted by atomic mass is 35.5. The van der Waals surface area contributed by atoms with Crippen LogP contribution >= 0.6 is 11.6 Å². The molecule has 0 aliphatic carbocycles. The molecule has 4 heteroatoms. The van der Waals surface area contributed by atoms with E-state index in [1.54, 1.807) is 0 Å². The number of nitrogens with one attached hydrogen (secondary N) is 1. The molecule has 17 heavy (non-hydrogen) atoms. The number of benzene rings is 1. The summed E-state index contributed by atoms with van der Waals surface area (Å²) in [6.45, 7) is 3.65. The van der Waals surface area contributed by atoms with Gasteiger partial charge >= 0.3 is 0 Å². The molecule has 0 saturated carbocycles. The fourth-order valence-corrected chi connectivity index (χ4v) is 2.11. The van der Waals surface area contributed by atoms with Crippen molar-refractivity contribution in [3.8, 4) is 0 Å². The van der Waals surface area contributed by atoms with Gasteiger partial charge in [0.2, 0.25) is 0 Å². The summed E-state index contributed by atoms with van der Waals surface area (Å²) in [5.41, 5.74) is 1.20. The van der Waals surface area contributed by atoms with Crippen molar-refractivity contribution in [2.45, 2.75) is 12.5 Å². The van der Waals surface area contributed by atoms with Crippen LogP contribution in [0.25, 0.3) is 0 Å². The van der Waals surface area contributed by atoms with Crippen LogP contribution in [0.2, 0.25) is 5.02 Å². The first-order valence-corrected chi connectivity index (χ1v) is 6.41. The number of anilines is 1. The Hall–Kier alpha value is -0.770. The van der Waals surface area contributed by atoms with E-state index in [1.165, 1.54) is 5.69 Å². The molecule has 1 aromatic carbocycles. The summed E-state index contributed by atoms with van der Waals surface area (Å²) in [5.74, 6) is 0. The topological polar surface area (TPSA) is 24.5 Å². The maximum atomic E-state index is 5.87. The Labute approximate surface area is 108 Å². The fourth-order valence-electron chi connectivity index (χ4n) is 1.98. The maximum absolute atomic E-state index is 5.87. The van der Waals surface area contributed by atoms with Crippen molar-refractivity contribution in [1.82, 2.24) is 5.32 Å². The van der Waals surface area contributed by atoms with Crippen molar-refractivity contribution in [2.75, 3.05) is 38.3 Å². The number of nitrogens with zero attached hydrogens (tertiary/aromatic N) is 1. The molecule has 1 heterocycles. The van der Waals surface area contributed by atoms with Gasteiger partial charge in [-0.25, -0.2) is 0 Å². The summed E-state index contributed by atoms with van der Waals surface area (Å²) in [6.07, 6.45) is 1.10. The summed E-state index contributed by atoms with van der Waals surface area (Å²) in [5, 5.41) is 4.24. The molecule has 1 aliphatic heterocycles. The maximum Gasteiger partial charge on any atom is 0.0620 e. The average Bonchev–Trinajstić information content (AvgIpc) is 2.38. The van der Waals surface area contributed by atoms with Gasteiger partial charge in [-0.05, 0) is 30.7 Å². The predicted octanol–water partition coefficient (Wildman–Crippen LogP) is 2.15. The zero-order valence-corrected chi connectivity index (χ0v) is 10.9. The monoisotopic (exact) mass is 254 g/mol. The molecule has 1 aliphatic rings. The molecule has 1 N–H and O–H groups in total. The van der Waals surface area contributed by atoms with Crippen LogP contribution in [-0.2, 0) is 4.74 Å². The Morgan fingerprint density at radius 1 is 1.41 bits per heavy atom. The van der Waals surface area contributed by atoms with E-state index < -0.39 is 0 Å². The summed E-state index contributed by atoms with van der Waals surface area (Å²) in [4.78, 5) is 2.24. The van der Waals surface area contributed by atoms with Gasteiger partial charge in [-0.2, -0.15) is 0 Å². The molecule has 1 aromatic rings. The molecular weight excluding hydrogens is 236 g/mol. The highest BCUT2D eigenvalue weighted by Crippen LogP contribution is 2.17. The Bertz CT molecular complexity index is 336. The van der Waals surface area contributed by atoms with E-state index in [1.807, 2.05) is 24.3 Å². The molecule has 1 fully saturated rings. The van der Waals surface area contributed by atoms with E-state index in [9.17, 15) is 0 Å². The number of hydrogen-bond acceptors (Lipinski definition) is 3. The second-order valence-electron chi connectivity index (χ2n) is 4.41. The Kier molecular flexibility index (Phi) is 4.66. The van der Waals surface area contributed by atoms with E-state index in [0.717, 1.165) is 37.7 Å². The van der Waals surface area contributed by atoms with Crippen molar-refractivity contribution >= 4 is 17.3 Å². The molecule has 0 aromatic heterocycles. The molecule has 1 atom stereocenters. The molecule has 0 spiro atoms. The van der Waals surface area contributed by atoms with Gasteiger partial charge in [0.15, 0.2) is 0 Å². The van der Waals surface area contributed by atoms with Gasteiger partial charge < -0.3 is 15.0 Å². The molecule has 3 nitrogen and oxygen atoms in total. The summed E-state index contributed by atoms with van der Waals surface area (Å²) >= 11 is 5.87. The normalized spacial score (nSPS) is 20.2.